The van der Waals surface area contributed by atoms with Gasteiger partial charge >= 0.3 is 0 Å². The standard InChI is InChI=1S/C11H19N3O2S/c1-4-11(2,3)8-14-17(15,16)10-7-13-6-5-9(10)12/h5-7,14H,4,8H2,1-3H3,(H2,12,13). The molecule has 0 atom stereocenters. The van der Waals surface area contributed by atoms with E-state index in [1.807, 2.05) is 20.8 Å². The fourth-order valence-electron chi connectivity index (χ4n) is 1.11. The SMILES string of the molecule is CCC(C)(C)CNS(=O)(=O)c1cnccc1N. The van der Waals surface area contributed by atoms with Gasteiger partial charge in [-0.25, -0.2) is 13.1 Å². The molecule has 0 aliphatic heterocycles. The van der Waals surface area contributed by atoms with Crippen molar-refractivity contribution in [3.05, 3.63) is 18.5 Å². The highest BCUT2D eigenvalue weighted by Crippen LogP contribution is 2.20. The van der Waals surface area contributed by atoms with Crippen molar-refractivity contribution in [2.75, 3.05) is 12.3 Å². The molecule has 0 bridgehead atoms. The fourth-order valence-corrected chi connectivity index (χ4v) is 2.42. The number of nitrogens with two attached hydrogens (primary N) is 1. The molecule has 0 aliphatic rings. The minimum atomic E-state index is -3.57. The molecular formula is C11H19N3O2S. The number of pyridine rings is 1. The van der Waals surface area contributed by atoms with Gasteiger partial charge in [0.05, 0.1) is 5.69 Å². The number of sulfonamides is 1. The second-order valence-electron chi connectivity index (χ2n) is 4.76. The molecule has 0 aromatic carbocycles. The Labute approximate surface area is 102 Å². The zero-order valence-electron chi connectivity index (χ0n) is 10.4. The molecule has 96 valence electrons. The highest BCUT2D eigenvalue weighted by Gasteiger charge is 2.22. The van der Waals surface area contributed by atoms with Gasteiger partial charge in [-0.15, -0.1) is 0 Å². The van der Waals surface area contributed by atoms with Gasteiger partial charge in [-0.05, 0) is 17.9 Å². The molecule has 6 heteroatoms. The molecule has 5 nitrogen and oxygen atoms in total. The quantitative estimate of drug-likeness (QED) is 0.834. The second-order valence-corrected chi connectivity index (χ2v) is 6.49. The van der Waals surface area contributed by atoms with Crippen LogP contribution in [0.1, 0.15) is 27.2 Å². The molecule has 1 aromatic heterocycles. The minimum Gasteiger partial charge on any atom is -0.398 e. The van der Waals surface area contributed by atoms with E-state index in [4.69, 9.17) is 5.73 Å². The van der Waals surface area contributed by atoms with Crippen LogP contribution in [0, 0.1) is 5.41 Å². The molecule has 0 unspecified atom stereocenters. The lowest BCUT2D eigenvalue weighted by molar-refractivity contribution is 0.350. The molecule has 0 spiro atoms. The number of rotatable bonds is 5. The number of aromatic nitrogens is 1. The Morgan fingerprint density at radius 1 is 1.47 bits per heavy atom. The van der Waals surface area contributed by atoms with Crippen LogP contribution in [0.15, 0.2) is 23.4 Å². The highest BCUT2D eigenvalue weighted by atomic mass is 32.2. The molecule has 0 saturated heterocycles. The van der Waals surface area contributed by atoms with Gasteiger partial charge in [-0.3, -0.25) is 4.98 Å². The van der Waals surface area contributed by atoms with Gasteiger partial charge in [-0.1, -0.05) is 20.8 Å². The smallest absolute Gasteiger partial charge is 0.244 e. The highest BCUT2D eigenvalue weighted by molar-refractivity contribution is 7.89. The van der Waals surface area contributed by atoms with Gasteiger partial charge in [0, 0.05) is 18.9 Å². The van der Waals surface area contributed by atoms with E-state index in [-0.39, 0.29) is 16.0 Å². The van der Waals surface area contributed by atoms with Gasteiger partial charge in [0.1, 0.15) is 4.90 Å². The zero-order valence-corrected chi connectivity index (χ0v) is 11.2. The predicted octanol–water partition coefficient (Wildman–Crippen LogP) is 1.38. The van der Waals surface area contributed by atoms with Gasteiger partial charge in [0.2, 0.25) is 10.0 Å². The third-order valence-corrected chi connectivity index (χ3v) is 4.25. The third-order valence-electron chi connectivity index (χ3n) is 2.80. The van der Waals surface area contributed by atoms with E-state index in [1.165, 1.54) is 18.5 Å². The Bertz CT molecular complexity index is 483. The largest absolute Gasteiger partial charge is 0.398 e. The lowest BCUT2D eigenvalue weighted by Crippen LogP contribution is -2.34. The number of hydrogen-bond donors (Lipinski definition) is 2. The van der Waals surface area contributed by atoms with Crippen LogP contribution in [0.25, 0.3) is 0 Å². The minimum absolute atomic E-state index is 0.0342. The molecular weight excluding hydrogens is 238 g/mol. The summed E-state index contributed by atoms with van der Waals surface area (Å²) in [6.45, 7) is 6.40. The van der Waals surface area contributed by atoms with Crippen LogP contribution < -0.4 is 10.5 Å². The molecule has 0 aliphatic carbocycles. The Hall–Kier alpha value is -1.14. The van der Waals surface area contributed by atoms with E-state index in [0.29, 0.717) is 6.54 Å². The summed E-state index contributed by atoms with van der Waals surface area (Å²) >= 11 is 0. The van der Waals surface area contributed by atoms with E-state index in [2.05, 4.69) is 9.71 Å². The normalized spacial score (nSPS) is 12.6. The van der Waals surface area contributed by atoms with Crippen LogP contribution >= 0.6 is 0 Å². The first-order valence-electron chi connectivity index (χ1n) is 5.48. The first-order valence-corrected chi connectivity index (χ1v) is 6.96. The summed E-state index contributed by atoms with van der Waals surface area (Å²) in [5.41, 5.74) is 5.75. The Kier molecular flexibility index (Phi) is 4.11. The van der Waals surface area contributed by atoms with Crippen molar-refractivity contribution in [3.8, 4) is 0 Å². The number of nitrogen functional groups attached to an aromatic ring is 1. The first kappa shape index (κ1) is 13.9. The summed E-state index contributed by atoms with van der Waals surface area (Å²) in [6, 6.07) is 1.47. The summed E-state index contributed by atoms with van der Waals surface area (Å²) in [6.07, 6.45) is 3.61. The van der Waals surface area contributed by atoms with E-state index in [1.54, 1.807) is 0 Å². The molecule has 1 rings (SSSR count). The summed E-state index contributed by atoms with van der Waals surface area (Å²) in [5, 5.41) is 0. The van der Waals surface area contributed by atoms with Crippen LogP contribution in [-0.2, 0) is 10.0 Å². The van der Waals surface area contributed by atoms with Crippen molar-refractivity contribution < 1.29 is 8.42 Å². The van der Waals surface area contributed by atoms with Crippen LogP contribution in [-0.4, -0.2) is 19.9 Å². The predicted molar refractivity (Wildman–Crippen MR) is 67.9 cm³/mol. The van der Waals surface area contributed by atoms with Gasteiger partial charge in [0.25, 0.3) is 0 Å². The van der Waals surface area contributed by atoms with E-state index in [9.17, 15) is 8.42 Å². The molecule has 3 N–H and O–H groups in total. The van der Waals surface area contributed by atoms with Gasteiger partial charge in [-0.2, -0.15) is 0 Å². The average molecular weight is 257 g/mol. The van der Waals surface area contributed by atoms with Gasteiger partial charge < -0.3 is 5.73 Å². The van der Waals surface area contributed by atoms with Crippen LogP contribution in [0.2, 0.25) is 0 Å². The summed E-state index contributed by atoms with van der Waals surface area (Å²) < 4.78 is 26.5. The maximum atomic E-state index is 12.0. The monoisotopic (exact) mass is 257 g/mol. The molecule has 17 heavy (non-hydrogen) atoms. The summed E-state index contributed by atoms with van der Waals surface area (Å²) in [7, 11) is -3.57. The van der Waals surface area contributed by atoms with Gasteiger partial charge in [0.15, 0.2) is 0 Å². The molecule has 0 saturated carbocycles. The van der Waals surface area contributed by atoms with Crippen molar-refractivity contribution in [3.63, 3.8) is 0 Å². The number of nitrogens with one attached hydrogen (secondary N) is 1. The van der Waals surface area contributed by atoms with E-state index < -0.39 is 10.0 Å². The first-order chi connectivity index (χ1) is 7.78. The lowest BCUT2D eigenvalue weighted by atomic mass is 9.91. The Balaban J connectivity index is 2.88. The summed E-state index contributed by atoms with van der Waals surface area (Å²) in [4.78, 5) is 3.81. The Morgan fingerprint density at radius 3 is 2.65 bits per heavy atom. The molecule has 0 amide bonds. The lowest BCUT2D eigenvalue weighted by Gasteiger charge is -2.22. The molecule has 1 aromatic rings. The van der Waals surface area contributed by atoms with Crippen molar-refractivity contribution >= 4 is 15.7 Å². The van der Waals surface area contributed by atoms with E-state index >= 15 is 0 Å². The number of anilines is 1. The molecule has 0 radical (unpaired) electrons. The average Bonchev–Trinajstić information content (AvgIpc) is 2.27. The zero-order chi connectivity index (χ0) is 13.1. The van der Waals surface area contributed by atoms with Crippen molar-refractivity contribution in [2.45, 2.75) is 32.1 Å². The molecule has 1 heterocycles. The van der Waals surface area contributed by atoms with Crippen molar-refractivity contribution in [2.24, 2.45) is 5.41 Å². The third kappa shape index (κ3) is 3.67. The maximum absolute atomic E-state index is 12.0. The topological polar surface area (TPSA) is 85.1 Å². The van der Waals surface area contributed by atoms with Crippen molar-refractivity contribution in [1.82, 2.24) is 9.71 Å². The maximum Gasteiger partial charge on any atom is 0.244 e. The number of hydrogen-bond acceptors (Lipinski definition) is 4. The van der Waals surface area contributed by atoms with Crippen LogP contribution in [0.4, 0.5) is 5.69 Å². The molecule has 0 fully saturated rings. The Morgan fingerprint density at radius 2 is 2.12 bits per heavy atom. The second kappa shape index (κ2) is 5.01. The van der Waals surface area contributed by atoms with Crippen LogP contribution in [0.5, 0.6) is 0 Å². The fraction of sp³-hybridized carbons (Fsp3) is 0.545. The van der Waals surface area contributed by atoms with Crippen molar-refractivity contribution in [1.29, 1.82) is 0 Å². The van der Waals surface area contributed by atoms with E-state index in [0.717, 1.165) is 6.42 Å². The van der Waals surface area contributed by atoms with Crippen LogP contribution in [0.3, 0.4) is 0 Å². The number of nitrogens with zero attached hydrogens (tertiary/aromatic N) is 1. The summed E-state index contributed by atoms with van der Waals surface area (Å²) in [5.74, 6) is 0.